The monoisotopic (exact) mass is 200 g/mol. The van der Waals surface area contributed by atoms with Crippen LogP contribution in [-0.2, 0) is 5.41 Å². The Labute approximate surface area is 90.4 Å². The summed E-state index contributed by atoms with van der Waals surface area (Å²) in [6.45, 7) is 8.63. The maximum absolute atomic E-state index is 4.48. The van der Waals surface area contributed by atoms with Crippen LogP contribution < -0.4 is 0 Å². The molecule has 15 heavy (non-hydrogen) atoms. The van der Waals surface area contributed by atoms with Crippen LogP contribution in [0.4, 0.5) is 0 Å². The number of nitrogens with zero attached hydrogens (tertiary/aromatic N) is 2. The van der Waals surface area contributed by atoms with Gasteiger partial charge in [0.25, 0.3) is 0 Å². The van der Waals surface area contributed by atoms with Crippen LogP contribution in [0.1, 0.15) is 31.9 Å². The molecule has 0 atom stereocenters. The first-order valence-electron chi connectivity index (χ1n) is 5.20. The van der Waals surface area contributed by atoms with Crippen LogP contribution in [0.25, 0.3) is 11.0 Å². The van der Waals surface area contributed by atoms with Crippen LogP contribution in [0.5, 0.6) is 0 Å². The number of aromatic nitrogens is 2. The first-order chi connectivity index (χ1) is 6.98. The Morgan fingerprint density at radius 3 is 2.53 bits per heavy atom. The first-order valence-corrected chi connectivity index (χ1v) is 5.20. The summed E-state index contributed by atoms with van der Waals surface area (Å²) in [6, 6.07) is 4.14. The minimum atomic E-state index is 0.115. The Kier molecular flexibility index (Phi) is 2.22. The summed E-state index contributed by atoms with van der Waals surface area (Å²) in [5.41, 5.74) is 4.54. The highest BCUT2D eigenvalue weighted by atomic mass is 14.7. The van der Waals surface area contributed by atoms with Gasteiger partial charge in [-0.1, -0.05) is 20.8 Å². The Hall–Kier alpha value is -1.44. The molecule has 0 aromatic carbocycles. The van der Waals surface area contributed by atoms with Crippen molar-refractivity contribution in [1.29, 1.82) is 0 Å². The zero-order chi connectivity index (χ0) is 11.1. The fraction of sp³-hybridized carbons (Fsp3) is 0.385. The zero-order valence-electron chi connectivity index (χ0n) is 9.70. The number of aryl methyl sites for hydroxylation is 1. The molecule has 2 aromatic heterocycles. The molecule has 0 amide bonds. The average molecular weight is 200 g/mol. The summed E-state index contributed by atoms with van der Waals surface area (Å²) < 4.78 is 0. The molecule has 0 aliphatic heterocycles. The van der Waals surface area contributed by atoms with E-state index in [0.717, 1.165) is 16.6 Å². The lowest BCUT2D eigenvalue weighted by Crippen LogP contribution is -2.12. The maximum Gasteiger partial charge on any atom is 0.0924 e. The average Bonchev–Trinajstić information content (AvgIpc) is 2.15. The molecule has 0 radical (unpaired) electrons. The van der Waals surface area contributed by atoms with Crippen LogP contribution >= 0.6 is 0 Å². The molecular formula is C13H16N2. The van der Waals surface area contributed by atoms with Gasteiger partial charge in [0.1, 0.15) is 0 Å². The van der Waals surface area contributed by atoms with Gasteiger partial charge in [0, 0.05) is 12.4 Å². The highest BCUT2D eigenvalue weighted by Crippen LogP contribution is 2.27. The Morgan fingerprint density at radius 2 is 1.87 bits per heavy atom. The van der Waals surface area contributed by atoms with Crippen molar-refractivity contribution in [2.75, 3.05) is 0 Å². The van der Waals surface area contributed by atoms with E-state index in [-0.39, 0.29) is 5.41 Å². The van der Waals surface area contributed by atoms with Crippen LogP contribution in [-0.4, -0.2) is 9.97 Å². The molecule has 0 fully saturated rings. The van der Waals surface area contributed by atoms with E-state index in [2.05, 4.69) is 42.9 Å². The van der Waals surface area contributed by atoms with Crippen molar-refractivity contribution in [2.45, 2.75) is 33.1 Å². The van der Waals surface area contributed by atoms with Gasteiger partial charge in [-0.3, -0.25) is 9.97 Å². The maximum atomic E-state index is 4.48. The SMILES string of the molecule is Cc1cnc2c(C(C)(C)C)ccnc2c1. The Morgan fingerprint density at radius 1 is 1.13 bits per heavy atom. The summed E-state index contributed by atoms with van der Waals surface area (Å²) in [5, 5.41) is 0. The smallest absolute Gasteiger partial charge is 0.0924 e. The number of hydrogen-bond donors (Lipinski definition) is 0. The van der Waals surface area contributed by atoms with Gasteiger partial charge in [-0.15, -0.1) is 0 Å². The van der Waals surface area contributed by atoms with E-state index in [4.69, 9.17) is 0 Å². The van der Waals surface area contributed by atoms with E-state index >= 15 is 0 Å². The molecule has 0 bridgehead atoms. The normalized spacial score (nSPS) is 12.0. The van der Waals surface area contributed by atoms with E-state index in [1.165, 1.54) is 5.56 Å². The van der Waals surface area contributed by atoms with Gasteiger partial charge in [-0.05, 0) is 35.6 Å². The van der Waals surface area contributed by atoms with Gasteiger partial charge in [-0.2, -0.15) is 0 Å². The van der Waals surface area contributed by atoms with Crippen molar-refractivity contribution < 1.29 is 0 Å². The van der Waals surface area contributed by atoms with E-state index in [1.54, 1.807) is 0 Å². The molecule has 78 valence electrons. The van der Waals surface area contributed by atoms with Gasteiger partial charge in [0.05, 0.1) is 11.0 Å². The highest BCUT2D eigenvalue weighted by Gasteiger charge is 2.17. The number of fused-ring (bicyclic) bond motifs is 1. The molecule has 0 saturated carbocycles. The molecule has 2 aromatic rings. The molecule has 0 aliphatic rings. The lowest BCUT2D eigenvalue weighted by molar-refractivity contribution is 0.594. The second kappa shape index (κ2) is 3.30. The Balaban J connectivity index is 2.77. The van der Waals surface area contributed by atoms with Crippen molar-refractivity contribution in [3.05, 3.63) is 35.7 Å². The molecule has 2 heteroatoms. The van der Waals surface area contributed by atoms with Crippen molar-refractivity contribution in [3.63, 3.8) is 0 Å². The fourth-order valence-corrected chi connectivity index (χ4v) is 1.74. The van der Waals surface area contributed by atoms with Crippen LogP contribution in [0.15, 0.2) is 24.5 Å². The molecule has 0 saturated heterocycles. The molecule has 0 aliphatic carbocycles. The van der Waals surface area contributed by atoms with Crippen LogP contribution in [0.3, 0.4) is 0 Å². The quantitative estimate of drug-likeness (QED) is 0.652. The molecule has 2 rings (SSSR count). The van der Waals surface area contributed by atoms with Gasteiger partial charge in [0.15, 0.2) is 0 Å². The van der Waals surface area contributed by atoms with Crippen LogP contribution in [0, 0.1) is 6.92 Å². The fourth-order valence-electron chi connectivity index (χ4n) is 1.74. The largest absolute Gasteiger partial charge is 0.255 e. The molecule has 0 N–H and O–H groups in total. The third kappa shape index (κ3) is 1.84. The highest BCUT2D eigenvalue weighted by molar-refractivity contribution is 5.78. The topological polar surface area (TPSA) is 25.8 Å². The summed E-state index contributed by atoms with van der Waals surface area (Å²) in [7, 11) is 0. The summed E-state index contributed by atoms with van der Waals surface area (Å²) >= 11 is 0. The lowest BCUT2D eigenvalue weighted by Gasteiger charge is -2.20. The molecular weight excluding hydrogens is 184 g/mol. The van der Waals surface area contributed by atoms with Crippen LogP contribution in [0.2, 0.25) is 0 Å². The van der Waals surface area contributed by atoms with E-state index in [0.29, 0.717) is 0 Å². The zero-order valence-corrected chi connectivity index (χ0v) is 9.70. The summed E-state index contributed by atoms with van der Waals surface area (Å²) in [6.07, 6.45) is 3.77. The molecule has 0 spiro atoms. The Bertz CT molecular complexity index is 495. The minimum Gasteiger partial charge on any atom is -0.255 e. The van der Waals surface area contributed by atoms with Crippen molar-refractivity contribution in [2.24, 2.45) is 0 Å². The first kappa shape index (κ1) is 10.1. The third-order valence-electron chi connectivity index (χ3n) is 2.52. The standard InChI is InChI=1S/C13H16N2/c1-9-7-11-12(15-8-9)10(5-6-14-11)13(2,3)4/h5-8H,1-4H3. The van der Waals surface area contributed by atoms with Gasteiger partial charge >= 0.3 is 0 Å². The van der Waals surface area contributed by atoms with E-state index in [1.807, 2.05) is 19.3 Å². The molecule has 2 heterocycles. The van der Waals surface area contributed by atoms with E-state index in [9.17, 15) is 0 Å². The lowest BCUT2D eigenvalue weighted by atomic mass is 9.86. The third-order valence-corrected chi connectivity index (χ3v) is 2.52. The number of rotatable bonds is 0. The number of hydrogen-bond acceptors (Lipinski definition) is 2. The molecule has 2 nitrogen and oxygen atoms in total. The second-order valence-electron chi connectivity index (χ2n) is 4.99. The van der Waals surface area contributed by atoms with Gasteiger partial charge in [-0.25, -0.2) is 0 Å². The van der Waals surface area contributed by atoms with Gasteiger partial charge < -0.3 is 0 Å². The second-order valence-corrected chi connectivity index (χ2v) is 4.99. The van der Waals surface area contributed by atoms with Crippen molar-refractivity contribution >= 4 is 11.0 Å². The molecule has 0 unspecified atom stereocenters. The summed E-state index contributed by atoms with van der Waals surface area (Å²) in [4.78, 5) is 8.84. The predicted octanol–water partition coefficient (Wildman–Crippen LogP) is 3.24. The predicted molar refractivity (Wildman–Crippen MR) is 63.0 cm³/mol. The number of pyridine rings is 2. The minimum absolute atomic E-state index is 0.115. The van der Waals surface area contributed by atoms with Crippen molar-refractivity contribution in [1.82, 2.24) is 9.97 Å². The summed E-state index contributed by atoms with van der Waals surface area (Å²) in [5.74, 6) is 0. The van der Waals surface area contributed by atoms with Gasteiger partial charge in [0.2, 0.25) is 0 Å². The van der Waals surface area contributed by atoms with E-state index < -0.39 is 0 Å². The van der Waals surface area contributed by atoms with Crippen molar-refractivity contribution in [3.8, 4) is 0 Å².